The minimum absolute atomic E-state index is 0.519. The van der Waals surface area contributed by atoms with Gasteiger partial charge in [0.25, 0.3) is 0 Å². The summed E-state index contributed by atoms with van der Waals surface area (Å²) in [6.07, 6.45) is 0. The van der Waals surface area contributed by atoms with Crippen molar-refractivity contribution in [2.24, 2.45) is 10.4 Å². The van der Waals surface area contributed by atoms with Crippen molar-refractivity contribution in [2.45, 2.75) is 0 Å². The van der Waals surface area contributed by atoms with Gasteiger partial charge in [-0.15, -0.1) is 9.81 Å². The molecule has 0 spiro atoms. The number of nitroso groups, excluding NO2 is 2. The van der Waals surface area contributed by atoms with Crippen LogP contribution >= 0.6 is 0 Å². The van der Waals surface area contributed by atoms with Crippen LogP contribution in [0.15, 0.2) is 22.8 Å². The third-order valence-electron chi connectivity index (χ3n) is 0.211. The van der Waals surface area contributed by atoms with E-state index in [-0.39, 0.29) is 0 Å². The Morgan fingerprint density at radius 3 is 1.67 bits per heavy atom. The van der Waals surface area contributed by atoms with Crippen molar-refractivity contribution < 1.29 is 0 Å². The van der Waals surface area contributed by atoms with E-state index in [0.29, 0.717) is 0 Å². The highest BCUT2D eigenvalue weighted by Gasteiger charge is 1.80. The monoisotopic (exact) mass is 86.0 g/mol. The van der Waals surface area contributed by atoms with Crippen LogP contribution < -0.4 is 0 Å². The Morgan fingerprint density at radius 1 is 1.33 bits per heavy atom. The number of rotatable bonds is 2. The highest BCUT2D eigenvalue weighted by molar-refractivity contribution is 4.85. The maximum Gasteiger partial charge on any atom is 0.232 e. The summed E-state index contributed by atoms with van der Waals surface area (Å²) in [6, 6.07) is 0. The average molecular weight is 86.0 g/mol. The Morgan fingerprint density at radius 2 is 1.67 bits per heavy atom. The highest BCUT2D eigenvalue weighted by Crippen LogP contribution is 1.87. The number of hydrogen-bond acceptors (Lipinski definition) is 4. The Balaban J connectivity index is 3.52. The van der Waals surface area contributed by atoms with Crippen molar-refractivity contribution in [3.8, 4) is 0 Å². The molecule has 0 heterocycles. The zero-order chi connectivity index (χ0) is 4.99. The molecule has 0 N–H and O–H groups in total. The minimum Gasteiger partial charge on any atom is -0.143 e. The summed E-state index contributed by atoms with van der Waals surface area (Å²) in [4.78, 5) is 18.2. The van der Waals surface area contributed by atoms with Crippen LogP contribution in [-0.2, 0) is 0 Å². The first-order valence-electron chi connectivity index (χ1n) is 1.17. The molecule has 32 valence electrons. The molecule has 0 rings (SSSR count). The van der Waals surface area contributed by atoms with Gasteiger partial charge in [-0.3, -0.25) is 0 Å². The molecule has 0 unspecified atom stereocenters. The first-order chi connectivity index (χ1) is 2.81. The predicted molar refractivity (Wildman–Crippen MR) is 20.7 cm³/mol. The molecule has 6 heavy (non-hydrogen) atoms. The van der Waals surface area contributed by atoms with Crippen LogP contribution in [0.25, 0.3) is 0 Å². The molecule has 0 aromatic carbocycles. The van der Waals surface area contributed by atoms with Crippen molar-refractivity contribution >= 4 is 0 Å². The molecule has 0 amide bonds. The molecule has 0 aliphatic heterocycles. The van der Waals surface area contributed by atoms with Crippen molar-refractivity contribution in [1.82, 2.24) is 0 Å². The molecule has 0 aromatic rings. The summed E-state index contributed by atoms with van der Waals surface area (Å²) < 4.78 is 0. The topological polar surface area (TPSA) is 58.9 Å². The smallest absolute Gasteiger partial charge is 0.143 e. The first kappa shape index (κ1) is 4.94. The van der Waals surface area contributed by atoms with Crippen LogP contribution in [0.3, 0.4) is 0 Å². The van der Waals surface area contributed by atoms with Gasteiger partial charge in [-0.05, 0) is 16.9 Å². The van der Waals surface area contributed by atoms with Gasteiger partial charge in [-0.2, -0.15) is 0 Å². The highest BCUT2D eigenvalue weighted by atomic mass is 16.3. The third-order valence-corrected chi connectivity index (χ3v) is 0.211. The van der Waals surface area contributed by atoms with Gasteiger partial charge in [0.15, 0.2) is 0 Å². The second kappa shape index (κ2) is 2.19. The van der Waals surface area contributed by atoms with E-state index >= 15 is 0 Å². The van der Waals surface area contributed by atoms with E-state index in [2.05, 4.69) is 16.9 Å². The lowest BCUT2D eigenvalue weighted by atomic mass is 10.9. The second-order valence-corrected chi connectivity index (χ2v) is 0.599. The Hall–Kier alpha value is -1.06. The van der Waals surface area contributed by atoms with Gasteiger partial charge >= 0.3 is 0 Å². The molecule has 0 radical (unpaired) electrons. The number of hydrogen-bond donors (Lipinski definition) is 0. The van der Waals surface area contributed by atoms with E-state index < -0.39 is 5.82 Å². The fourth-order valence-corrected chi connectivity index (χ4v) is 0.0167. The lowest BCUT2D eigenvalue weighted by Gasteiger charge is -1.63. The maximum atomic E-state index is 9.09. The van der Waals surface area contributed by atoms with Crippen LogP contribution in [0.1, 0.15) is 0 Å². The minimum atomic E-state index is -0.519. The van der Waals surface area contributed by atoms with Gasteiger partial charge in [-0.1, -0.05) is 0 Å². The molecular formula is C2H2N2O2. The normalized spacial score (nSPS) is 6.67. The zero-order valence-corrected chi connectivity index (χ0v) is 2.92. The van der Waals surface area contributed by atoms with Crippen LogP contribution in [-0.4, -0.2) is 0 Å². The van der Waals surface area contributed by atoms with Gasteiger partial charge in [0.2, 0.25) is 5.82 Å². The third kappa shape index (κ3) is 1.28. The fraction of sp³-hybridized carbons (Fsp3) is 0. The van der Waals surface area contributed by atoms with Crippen molar-refractivity contribution in [2.75, 3.05) is 0 Å². The van der Waals surface area contributed by atoms with Gasteiger partial charge in [-0.25, -0.2) is 0 Å². The molecule has 0 saturated carbocycles. The van der Waals surface area contributed by atoms with Crippen molar-refractivity contribution in [3.63, 3.8) is 0 Å². The number of nitrogens with zero attached hydrogens (tertiary/aromatic N) is 2. The fourth-order valence-electron chi connectivity index (χ4n) is 0.0167. The second-order valence-electron chi connectivity index (χ2n) is 0.599. The van der Waals surface area contributed by atoms with E-state index in [0.717, 1.165) is 0 Å². The summed E-state index contributed by atoms with van der Waals surface area (Å²) in [6.45, 7) is 2.83. The van der Waals surface area contributed by atoms with Crippen LogP contribution in [0, 0.1) is 9.81 Å². The van der Waals surface area contributed by atoms with Crippen LogP contribution in [0.5, 0.6) is 0 Å². The zero-order valence-electron chi connectivity index (χ0n) is 2.92. The first-order valence-corrected chi connectivity index (χ1v) is 1.17. The molecule has 0 aromatic heterocycles. The largest absolute Gasteiger partial charge is 0.232 e. The Labute approximate surface area is 33.8 Å². The predicted octanol–water partition coefficient (Wildman–Crippen LogP) is 0.990. The molecule has 4 nitrogen and oxygen atoms in total. The van der Waals surface area contributed by atoms with Gasteiger partial charge in [0.1, 0.15) is 0 Å². The van der Waals surface area contributed by atoms with Gasteiger partial charge < -0.3 is 0 Å². The van der Waals surface area contributed by atoms with Crippen LogP contribution in [0.2, 0.25) is 0 Å². The van der Waals surface area contributed by atoms with Gasteiger partial charge in [0, 0.05) is 0 Å². The maximum absolute atomic E-state index is 9.09. The van der Waals surface area contributed by atoms with E-state index in [9.17, 15) is 0 Å². The molecule has 4 heteroatoms. The molecule has 0 aliphatic rings. The lowest BCUT2D eigenvalue weighted by molar-refractivity contribution is 1.23. The molecule has 0 saturated heterocycles. The molecule has 0 fully saturated rings. The summed E-state index contributed by atoms with van der Waals surface area (Å²) >= 11 is 0. The Bertz CT molecular complexity index is 77.5. The Kier molecular flexibility index (Phi) is 1.81. The molecule has 0 aliphatic carbocycles. The SMILES string of the molecule is C=C(N=O)N=O. The van der Waals surface area contributed by atoms with Crippen molar-refractivity contribution in [1.29, 1.82) is 0 Å². The van der Waals surface area contributed by atoms with E-state index in [4.69, 9.17) is 9.81 Å². The summed E-state index contributed by atoms with van der Waals surface area (Å²) in [5.74, 6) is -0.519. The van der Waals surface area contributed by atoms with E-state index in [1.807, 2.05) is 0 Å². The average Bonchev–Trinajstić information content (AvgIpc) is 1.65. The lowest BCUT2D eigenvalue weighted by Crippen LogP contribution is -1.55. The molecule has 0 atom stereocenters. The summed E-state index contributed by atoms with van der Waals surface area (Å²) in [5, 5.41) is 4.17. The summed E-state index contributed by atoms with van der Waals surface area (Å²) in [7, 11) is 0. The van der Waals surface area contributed by atoms with E-state index in [1.54, 1.807) is 0 Å². The molecular weight excluding hydrogens is 84.0 g/mol. The summed E-state index contributed by atoms with van der Waals surface area (Å²) in [5.41, 5.74) is 0. The van der Waals surface area contributed by atoms with Gasteiger partial charge in [0.05, 0.1) is 0 Å². The van der Waals surface area contributed by atoms with Crippen molar-refractivity contribution in [3.05, 3.63) is 22.2 Å². The van der Waals surface area contributed by atoms with Crippen LogP contribution in [0.4, 0.5) is 0 Å². The standard InChI is InChI=1S/C2H2N2O2/c1-2(3-5)4-6/h1H2. The van der Waals surface area contributed by atoms with E-state index in [1.165, 1.54) is 0 Å². The molecule has 0 bridgehead atoms. The quantitative estimate of drug-likeness (QED) is 0.470.